The van der Waals surface area contributed by atoms with Gasteiger partial charge in [-0.3, -0.25) is 0 Å². The highest BCUT2D eigenvalue weighted by atomic mass is 16.5. The minimum absolute atomic E-state index is 0.328. The van der Waals surface area contributed by atoms with Crippen molar-refractivity contribution in [2.75, 3.05) is 24.6 Å². The summed E-state index contributed by atoms with van der Waals surface area (Å²) < 4.78 is 4.91. The highest BCUT2D eigenvalue weighted by molar-refractivity contribution is 5.90. The molecule has 0 aromatic carbocycles. The number of β-amino-alcohol motifs (C(OH)–C–C–N with tert-alkyl or cyclic N) is 1. The fraction of sp³-hybridized carbons (Fsp3) is 0.583. The molecule has 0 atom stereocenters. The molecule has 6 nitrogen and oxygen atoms in total. The van der Waals surface area contributed by atoms with E-state index in [0.717, 1.165) is 0 Å². The predicted molar refractivity (Wildman–Crippen MR) is 65.6 cm³/mol. The Hall–Kier alpha value is -1.69. The van der Waals surface area contributed by atoms with Crippen LogP contribution < -0.4 is 4.90 Å². The summed E-state index contributed by atoms with van der Waals surface area (Å²) in [4.78, 5) is 21.8. The van der Waals surface area contributed by atoms with Crippen molar-refractivity contribution >= 4 is 11.9 Å². The van der Waals surface area contributed by atoms with E-state index < -0.39 is 11.6 Å². The molecule has 18 heavy (non-hydrogen) atoms. The normalized spacial score (nSPS) is 17.2. The van der Waals surface area contributed by atoms with E-state index in [-0.39, 0.29) is 0 Å². The van der Waals surface area contributed by atoms with Crippen LogP contribution >= 0.6 is 0 Å². The Labute approximate surface area is 106 Å². The fourth-order valence-corrected chi connectivity index (χ4v) is 1.93. The summed E-state index contributed by atoms with van der Waals surface area (Å²) >= 11 is 0. The zero-order valence-corrected chi connectivity index (χ0v) is 10.8. The van der Waals surface area contributed by atoms with Gasteiger partial charge in [0.05, 0.1) is 36.6 Å². The largest absolute Gasteiger partial charge is 0.462 e. The minimum Gasteiger partial charge on any atom is -0.462 e. The minimum atomic E-state index is -0.670. The SMILES string of the molecule is CCOC(=O)c1cnc(N2CC(C)(O)C2)nc1C. The maximum atomic E-state index is 11.6. The van der Waals surface area contributed by atoms with E-state index in [4.69, 9.17) is 4.74 Å². The van der Waals surface area contributed by atoms with Gasteiger partial charge in [-0.05, 0) is 20.8 Å². The van der Waals surface area contributed by atoms with Crippen molar-refractivity contribution in [3.05, 3.63) is 17.5 Å². The monoisotopic (exact) mass is 251 g/mol. The number of nitrogens with zero attached hydrogens (tertiary/aromatic N) is 3. The first-order valence-corrected chi connectivity index (χ1v) is 5.91. The molecule has 2 rings (SSSR count). The fourth-order valence-electron chi connectivity index (χ4n) is 1.93. The second kappa shape index (κ2) is 4.53. The number of carbonyl (C=O) groups is 1. The quantitative estimate of drug-likeness (QED) is 0.790. The highest BCUT2D eigenvalue weighted by Gasteiger charge is 2.38. The molecular formula is C12H17N3O3. The van der Waals surface area contributed by atoms with Crippen LogP contribution in [0.3, 0.4) is 0 Å². The van der Waals surface area contributed by atoms with E-state index >= 15 is 0 Å². The molecule has 1 fully saturated rings. The van der Waals surface area contributed by atoms with Gasteiger partial charge in [-0.25, -0.2) is 14.8 Å². The maximum absolute atomic E-state index is 11.6. The molecule has 1 saturated heterocycles. The molecule has 2 heterocycles. The number of carbonyl (C=O) groups excluding carboxylic acids is 1. The van der Waals surface area contributed by atoms with E-state index in [0.29, 0.717) is 36.9 Å². The first kappa shape index (κ1) is 12.8. The first-order valence-electron chi connectivity index (χ1n) is 5.91. The maximum Gasteiger partial charge on any atom is 0.341 e. The molecule has 1 aromatic rings. The average molecular weight is 251 g/mol. The lowest BCUT2D eigenvalue weighted by molar-refractivity contribution is 0.0298. The number of hydrogen-bond acceptors (Lipinski definition) is 6. The summed E-state index contributed by atoms with van der Waals surface area (Å²) in [6.07, 6.45) is 1.47. The van der Waals surface area contributed by atoms with Gasteiger partial charge in [-0.1, -0.05) is 0 Å². The first-order chi connectivity index (χ1) is 8.43. The second-order valence-corrected chi connectivity index (χ2v) is 4.74. The Morgan fingerprint density at radius 1 is 1.61 bits per heavy atom. The summed E-state index contributed by atoms with van der Waals surface area (Å²) in [6.45, 7) is 6.61. The van der Waals surface area contributed by atoms with E-state index in [2.05, 4.69) is 9.97 Å². The number of ether oxygens (including phenoxy) is 1. The predicted octanol–water partition coefficient (Wildman–Crippen LogP) is 0.533. The molecule has 0 radical (unpaired) electrons. The van der Waals surface area contributed by atoms with Crippen LogP contribution in [-0.2, 0) is 4.74 Å². The molecule has 1 aliphatic heterocycles. The van der Waals surface area contributed by atoms with Gasteiger partial charge >= 0.3 is 5.97 Å². The third-order valence-corrected chi connectivity index (χ3v) is 2.81. The van der Waals surface area contributed by atoms with Crippen LogP contribution in [0.2, 0.25) is 0 Å². The van der Waals surface area contributed by atoms with Crippen molar-refractivity contribution in [3.8, 4) is 0 Å². The van der Waals surface area contributed by atoms with Gasteiger partial charge in [-0.2, -0.15) is 0 Å². The lowest BCUT2D eigenvalue weighted by Crippen LogP contribution is -2.60. The van der Waals surface area contributed by atoms with Crippen molar-refractivity contribution in [2.24, 2.45) is 0 Å². The van der Waals surface area contributed by atoms with Crippen molar-refractivity contribution in [2.45, 2.75) is 26.4 Å². The van der Waals surface area contributed by atoms with Gasteiger partial charge in [0.25, 0.3) is 0 Å². The number of aryl methyl sites for hydroxylation is 1. The van der Waals surface area contributed by atoms with Gasteiger partial charge in [-0.15, -0.1) is 0 Å². The number of aliphatic hydroxyl groups is 1. The smallest absolute Gasteiger partial charge is 0.341 e. The molecule has 0 saturated carbocycles. The number of anilines is 1. The zero-order valence-electron chi connectivity index (χ0n) is 10.8. The van der Waals surface area contributed by atoms with Gasteiger partial charge in [0.15, 0.2) is 0 Å². The molecule has 1 N–H and O–H groups in total. The number of rotatable bonds is 3. The Kier molecular flexibility index (Phi) is 3.21. The average Bonchev–Trinajstić information content (AvgIpc) is 2.25. The summed E-state index contributed by atoms with van der Waals surface area (Å²) in [5.74, 6) is 0.129. The molecule has 0 unspecified atom stereocenters. The molecule has 98 valence electrons. The molecule has 0 spiro atoms. The van der Waals surface area contributed by atoms with Crippen molar-refractivity contribution in [1.82, 2.24) is 9.97 Å². The van der Waals surface area contributed by atoms with E-state index in [1.54, 1.807) is 20.8 Å². The van der Waals surface area contributed by atoms with Gasteiger partial charge in [0.2, 0.25) is 5.95 Å². The molecule has 1 aliphatic rings. The van der Waals surface area contributed by atoms with Crippen LogP contribution in [-0.4, -0.2) is 46.3 Å². The molecular weight excluding hydrogens is 234 g/mol. The Balaban J connectivity index is 2.13. The highest BCUT2D eigenvalue weighted by Crippen LogP contribution is 2.24. The van der Waals surface area contributed by atoms with Crippen LogP contribution in [0.1, 0.15) is 29.9 Å². The molecule has 0 bridgehead atoms. The Bertz CT molecular complexity index is 466. The van der Waals surface area contributed by atoms with Gasteiger partial charge in [0.1, 0.15) is 0 Å². The van der Waals surface area contributed by atoms with E-state index in [1.807, 2.05) is 4.90 Å². The molecule has 0 amide bonds. The summed E-state index contributed by atoms with van der Waals surface area (Å²) in [6, 6.07) is 0. The lowest BCUT2D eigenvalue weighted by atomic mass is 9.98. The van der Waals surface area contributed by atoms with Gasteiger partial charge < -0.3 is 14.7 Å². The van der Waals surface area contributed by atoms with Gasteiger partial charge in [0, 0.05) is 6.20 Å². The van der Waals surface area contributed by atoms with E-state index in [9.17, 15) is 9.90 Å². The lowest BCUT2D eigenvalue weighted by Gasteiger charge is -2.44. The topological polar surface area (TPSA) is 75.5 Å². The van der Waals surface area contributed by atoms with Crippen LogP contribution in [0, 0.1) is 6.92 Å². The third-order valence-electron chi connectivity index (χ3n) is 2.81. The molecule has 6 heteroatoms. The van der Waals surface area contributed by atoms with Crippen molar-refractivity contribution in [3.63, 3.8) is 0 Å². The van der Waals surface area contributed by atoms with E-state index in [1.165, 1.54) is 6.20 Å². The second-order valence-electron chi connectivity index (χ2n) is 4.74. The summed E-state index contributed by atoms with van der Waals surface area (Å²) in [5.41, 5.74) is 0.301. The van der Waals surface area contributed by atoms with Crippen LogP contribution in [0.4, 0.5) is 5.95 Å². The Morgan fingerprint density at radius 2 is 2.28 bits per heavy atom. The number of hydrogen-bond donors (Lipinski definition) is 1. The molecule has 1 aromatic heterocycles. The van der Waals surface area contributed by atoms with Crippen LogP contribution in [0.15, 0.2) is 6.20 Å². The zero-order chi connectivity index (χ0) is 13.3. The number of aromatic nitrogens is 2. The summed E-state index contributed by atoms with van der Waals surface area (Å²) in [5, 5.41) is 9.66. The third kappa shape index (κ3) is 2.43. The van der Waals surface area contributed by atoms with Crippen molar-refractivity contribution in [1.29, 1.82) is 0 Å². The summed E-state index contributed by atoms with van der Waals surface area (Å²) in [7, 11) is 0. The van der Waals surface area contributed by atoms with Crippen LogP contribution in [0.5, 0.6) is 0 Å². The standard InChI is InChI=1S/C12H17N3O3/c1-4-18-10(16)9-5-13-11(14-8(9)2)15-6-12(3,17)7-15/h5,17H,4,6-7H2,1-3H3. The Morgan fingerprint density at radius 3 is 2.78 bits per heavy atom. The molecule has 0 aliphatic carbocycles. The number of esters is 1. The van der Waals surface area contributed by atoms with Crippen molar-refractivity contribution < 1.29 is 14.6 Å². The van der Waals surface area contributed by atoms with Crippen LogP contribution in [0.25, 0.3) is 0 Å².